The molecule has 1 N–H and O–H groups in total. The molecule has 1 atom stereocenters. The van der Waals surface area contributed by atoms with Crippen LogP contribution in [0.2, 0.25) is 5.02 Å². The van der Waals surface area contributed by atoms with Crippen LogP contribution < -0.4 is 4.74 Å². The van der Waals surface area contributed by atoms with Gasteiger partial charge in [-0.3, -0.25) is 9.59 Å². The lowest BCUT2D eigenvalue weighted by molar-refractivity contribution is -0.140. The van der Waals surface area contributed by atoms with Crippen molar-refractivity contribution < 1.29 is 28.2 Å². The van der Waals surface area contributed by atoms with Gasteiger partial charge in [0, 0.05) is 10.6 Å². The Morgan fingerprint density at radius 1 is 1.19 bits per heavy atom. The minimum absolute atomic E-state index is 0.00249. The number of benzene rings is 2. The number of hydrogen-bond donors (Lipinski definition) is 1. The summed E-state index contributed by atoms with van der Waals surface area (Å²) in [6.07, 6.45) is 1.46. The standard InChI is InChI=1S/C23H17ClFNO5/c1-30-18-8-7-14(11-17(18)25)21(27)19-20(13-4-2-5-15(24)10-13)26(23(29)22(19)28)12-16-6-3-9-31-16/h2-11,20,27H,12H2,1H3/b21-19+. The van der Waals surface area contributed by atoms with Gasteiger partial charge in [0.2, 0.25) is 0 Å². The molecule has 6 nitrogen and oxygen atoms in total. The Kier molecular flexibility index (Phi) is 5.52. The highest BCUT2D eigenvalue weighted by Gasteiger charge is 2.46. The Morgan fingerprint density at radius 3 is 2.65 bits per heavy atom. The molecule has 1 fully saturated rings. The summed E-state index contributed by atoms with van der Waals surface area (Å²) < 4.78 is 24.5. The molecule has 0 radical (unpaired) electrons. The van der Waals surface area contributed by atoms with Gasteiger partial charge in [0.15, 0.2) is 11.6 Å². The van der Waals surface area contributed by atoms with Gasteiger partial charge in [0.1, 0.15) is 11.5 Å². The van der Waals surface area contributed by atoms with Gasteiger partial charge in [-0.25, -0.2) is 4.39 Å². The molecule has 1 unspecified atom stereocenters. The van der Waals surface area contributed by atoms with Gasteiger partial charge in [-0.15, -0.1) is 0 Å². The Balaban J connectivity index is 1.87. The zero-order valence-electron chi connectivity index (χ0n) is 16.3. The minimum atomic E-state index is -0.936. The van der Waals surface area contributed by atoms with E-state index in [0.717, 1.165) is 6.07 Å². The summed E-state index contributed by atoms with van der Waals surface area (Å²) in [6, 6.07) is 12.8. The predicted molar refractivity (Wildman–Crippen MR) is 111 cm³/mol. The molecule has 31 heavy (non-hydrogen) atoms. The summed E-state index contributed by atoms with van der Waals surface area (Å²) in [5.74, 6) is -2.45. The lowest BCUT2D eigenvalue weighted by Gasteiger charge is -2.24. The molecular weight excluding hydrogens is 425 g/mol. The van der Waals surface area contributed by atoms with Crippen molar-refractivity contribution in [2.75, 3.05) is 7.11 Å². The highest BCUT2D eigenvalue weighted by atomic mass is 35.5. The van der Waals surface area contributed by atoms with Crippen LogP contribution in [0.4, 0.5) is 4.39 Å². The van der Waals surface area contributed by atoms with E-state index in [4.69, 9.17) is 20.8 Å². The molecule has 158 valence electrons. The van der Waals surface area contributed by atoms with E-state index in [9.17, 15) is 19.1 Å². The highest BCUT2D eigenvalue weighted by molar-refractivity contribution is 6.46. The van der Waals surface area contributed by atoms with E-state index >= 15 is 0 Å². The number of carbonyl (C=O) groups excluding carboxylic acids is 2. The third-order valence-corrected chi connectivity index (χ3v) is 5.27. The van der Waals surface area contributed by atoms with E-state index in [-0.39, 0.29) is 23.4 Å². The maximum Gasteiger partial charge on any atom is 0.296 e. The molecule has 1 aliphatic rings. The first-order valence-electron chi connectivity index (χ1n) is 9.31. The fraction of sp³-hybridized carbons (Fsp3) is 0.130. The zero-order chi connectivity index (χ0) is 22.1. The molecule has 2 aromatic carbocycles. The smallest absolute Gasteiger partial charge is 0.296 e. The molecule has 1 amide bonds. The fourth-order valence-corrected chi connectivity index (χ4v) is 3.80. The Morgan fingerprint density at radius 2 is 2.00 bits per heavy atom. The number of amides is 1. The van der Waals surface area contributed by atoms with Crippen LogP contribution in [0.5, 0.6) is 5.75 Å². The molecule has 1 saturated heterocycles. The van der Waals surface area contributed by atoms with Crippen LogP contribution in [0, 0.1) is 5.82 Å². The summed E-state index contributed by atoms with van der Waals surface area (Å²) in [5.41, 5.74) is 0.401. The summed E-state index contributed by atoms with van der Waals surface area (Å²) in [4.78, 5) is 27.1. The molecule has 4 rings (SSSR count). The van der Waals surface area contributed by atoms with E-state index < -0.39 is 29.3 Å². The second-order valence-electron chi connectivity index (χ2n) is 6.91. The Hall–Kier alpha value is -3.58. The van der Waals surface area contributed by atoms with Crippen molar-refractivity contribution in [2.24, 2.45) is 0 Å². The maximum absolute atomic E-state index is 14.2. The van der Waals surface area contributed by atoms with Gasteiger partial charge in [-0.1, -0.05) is 23.7 Å². The van der Waals surface area contributed by atoms with E-state index in [0.29, 0.717) is 16.3 Å². The summed E-state index contributed by atoms with van der Waals surface area (Å²) in [7, 11) is 1.32. The molecule has 1 aliphatic heterocycles. The number of aliphatic hydroxyl groups is 1. The fourth-order valence-electron chi connectivity index (χ4n) is 3.61. The number of aliphatic hydroxyl groups excluding tert-OH is 1. The van der Waals surface area contributed by atoms with Crippen molar-refractivity contribution in [1.29, 1.82) is 0 Å². The lowest BCUT2D eigenvalue weighted by atomic mass is 9.95. The van der Waals surface area contributed by atoms with Crippen LogP contribution in [0.15, 0.2) is 70.9 Å². The normalized spacial score (nSPS) is 17.9. The molecule has 3 aromatic rings. The number of ketones is 1. The SMILES string of the molecule is COc1ccc(/C(O)=C2\C(=O)C(=O)N(Cc3ccco3)C2c2cccc(Cl)c2)cc1F. The van der Waals surface area contributed by atoms with Crippen LogP contribution in [0.1, 0.15) is 22.9 Å². The lowest BCUT2D eigenvalue weighted by Crippen LogP contribution is -2.29. The van der Waals surface area contributed by atoms with Crippen LogP contribution in [-0.4, -0.2) is 28.8 Å². The molecule has 0 bridgehead atoms. The highest BCUT2D eigenvalue weighted by Crippen LogP contribution is 2.41. The first-order valence-corrected chi connectivity index (χ1v) is 9.68. The first kappa shape index (κ1) is 20.7. The quantitative estimate of drug-likeness (QED) is 0.352. The van der Waals surface area contributed by atoms with E-state index in [1.165, 1.54) is 30.4 Å². The number of nitrogens with zero attached hydrogens (tertiary/aromatic N) is 1. The number of halogens is 2. The van der Waals surface area contributed by atoms with Gasteiger partial charge in [-0.2, -0.15) is 0 Å². The van der Waals surface area contributed by atoms with Crippen LogP contribution >= 0.6 is 11.6 Å². The van der Waals surface area contributed by atoms with Crippen molar-refractivity contribution in [3.63, 3.8) is 0 Å². The van der Waals surface area contributed by atoms with E-state index in [1.54, 1.807) is 36.4 Å². The first-order chi connectivity index (χ1) is 14.9. The van der Waals surface area contributed by atoms with Crippen molar-refractivity contribution in [3.8, 4) is 5.75 Å². The van der Waals surface area contributed by atoms with Gasteiger partial charge in [0.05, 0.1) is 31.5 Å². The van der Waals surface area contributed by atoms with Gasteiger partial charge in [-0.05, 0) is 48.0 Å². The molecule has 0 saturated carbocycles. The minimum Gasteiger partial charge on any atom is -0.507 e. The zero-order valence-corrected chi connectivity index (χ0v) is 17.1. The molecular formula is C23H17ClFNO5. The molecule has 0 spiro atoms. The maximum atomic E-state index is 14.2. The van der Waals surface area contributed by atoms with Gasteiger partial charge in [0.25, 0.3) is 11.7 Å². The number of Topliss-reactive ketones (excluding diaryl/α,β-unsaturated/α-hetero) is 1. The van der Waals surface area contributed by atoms with Gasteiger partial charge >= 0.3 is 0 Å². The largest absolute Gasteiger partial charge is 0.507 e. The second kappa shape index (κ2) is 8.28. The number of rotatable bonds is 5. The van der Waals surface area contributed by atoms with Crippen LogP contribution in [0.25, 0.3) is 5.76 Å². The topological polar surface area (TPSA) is 80.0 Å². The number of hydrogen-bond acceptors (Lipinski definition) is 5. The summed E-state index contributed by atoms with van der Waals surface area (Å²) in [5, 5.41) is 11.4. The number of furan rings is 1. The van der Waals surface area contributed by atoms with Crippen molar-refractivity contribution in [1.82, 2.24) is 4.90 Å². The van der Waals surface area contributed by atoms with Crippen molar-refractivity contribution in [3.05, 3.63) is 94.2 Å². The summed E-state index contributed by atoms with van der Waals surface area (Å²) in [6.45, 7) is 0.00249. The Labute approximate surface area is 182 Å². The molecule has 0 aliphatic carbocycles. The average Bonchev–Trinajstić information content (AvgIpc) is 3.35. The van der Waals surface area contributed by atoms with E-state index in [2.05, 4.69) is 0 Å². The van der Waals surface area contributed by atoms with Gasteiger partial charge < -0.3 is 19.2 Å². The van der Waals surface area contributed by atoms with Crippen LogP contribution in [0.3, 0.4) is 0 Å². The molecule has 2 heterocycles. The van der Waals surface area contributed by atoms with Crippen LogP contribution in [-0.2, 0) is 16.1 Å². The molecule has 8 heteroatoms. The number of ether oxygens (including phenoxy) is 1. The second-order valence-corrected chi connectivity index (χ2v) is 7.35. The third kappa shape index (κ3) is 3.80. The van der Waals surface area contributed by atoms with E-state index in [1.807, 2.05) is 0 Å². The van der Waals surface area contributed by atoms with Crippen molar-refractivity contribution in [2.45, 2.75) is 12.6 Å². The third-order valence-electron chi connectivity index (χ3n) is 5.04. The average molecular weight is 442 g/mol. The predicted octanol–water partition coefficient (Wildman–Crippen LogP) is 4.70. The van der Waals surface area contributed by atoms with Crippen molar-refractivity contribution >= 4 is 29.1 Å². The Bertz CT molecular complexity index is 1190. The summed E-state index contributed by atoms with van der Waals surface area (Å²) >= 11 is 6.14. The number of carbonyl (C=O) groups is 2. The molecule has 1 aromatic heterocycles. The monoisotopic (exact) mass is 441 g/mol. The number of likely N-dealkylation sites (tertiary alicyclic amines) is 1. The number of methoxy groups -OCH3 is 1.